The number of amides is 1. The Morgan fingerprint density at radius 1 is 1.21 bits per heavy atom. The SMILES string of the molecule is Cc1cc(Br)cc(C)c1OCC(=O)Nc1nc2c(C)cccc2s1. The summed E-state index contributed by atoms with van der Waals surface area (Å²) in [5.41, 5.74) is 4.01. The molecule has 124 valence electrons. The number of anilines is 1. The normalized spacial score (nSPS) is 10.8. The van der Waals surface area contributed by atoms with Crippen molar-refractivity contribution in [2.24, 2.45) is 0 Å². The molecule has 0 fully saturated rings. The van der Waals surface area contributed by atoms with Gasteiger partial charge in [-0.25, -0.2) is 4.98 Å². The van der Waals surface area contributed by atoms with Crippen LogP contribution in [0.5, 0.6) is 5.75 Å². The van der Waals surface area contributed by atoms with Crippen LogP contribution in [-0.2, 0) is 4.79 Å². The van der Waals surface area contributed by atoms with Crippen molar-refractivity contribution >= 4 is 48.5 Å². The van der Waals surface area contributed by atoms with E-state index in [2.05, 4.69) is 26.2 Å². The van der Waals surface area contributed by atoms with Gasteiger partial charge in [0.25, 0.3) is 5.91 Å². The zero-order chi connectivity index (χ0) is 17.3. The Bertz CT molecular complexity index is 898. The summed E-state index contributed by atoms with van der Waals surface area (Å²) in [4.78, 5) is 16.6. The molecule has 0 saturated carbocycles. The molecule has 1 heterocycles. The molecule has 0 saturated heterocycles. The molecule has 3 aromatic rings. The molecule has 3 rings (SSSR count). The summed E-state index contributed by atoms with van der Waals surface area (Å²) in [6.45, 7) is 5.89. The fourth-order valence-electron chi connectivity index (χ4n) is 2.56. The molecule has 0 atom stereocenters. The minimum absolute atomic E-state index is 0.0434. The average molecular weight is 405 g/mol. The van der Waals surface area contributed by atoms with Gasteiger partial charge in [0.2, 0.25) is 0 Å². The van der Waals surface area contributed by atoms with Crippen LogP contribution in [0.3, 0.4) is 0 Å². The van der Waals surface area contributed by atoms with Crippen LogP contribution in [0.15, 0.2) is 34.8 Å². The van der Waals surface area contributed by atoms with Crippen molar-refractivity contribution in [3.05, 3.63) is 51.5 Å². The highest BCUT2D eigenvalue weighted by Gasteiger charge is 2.12. The van der Waals surface area contributed by atoms with Crippen LogP contribution in [0.25, 0.3) is 10.2 Å². The van der Waals surface area contributed by atoms with Crippen molar-refractivity contribution in [1.82, 2.24) is 4.98 Å². The van der Waals surface area contributed by atoms with Crippen molar-refractivity contribution in [2.75, 3.05) is 11.9 Å². The molecular formula is C18H17BrN2O2S. The second-order valence-corrected chi connectivity index (χ2v) is 7.59. The summed E-state index contributed by atoms with van der Waals surface area (Å²) in [6, 6.07) is 9.94. The van der Waals surface area contributed by atoms with Gasteiger partial charge in [-0.05, 0) is 55.7 Å². The Morgan fingerprint density at radius 3 is 2.58 bits per heavy atom. The predicted octanol–water partition coefficient (Wildman–Crippen LogP) is 5.00. The maximum Gasteiger partial charge on any atom is 0.264 e. The standard InChI is InChI=1S/C18H17BrN2O2S/c1-10-5-4-6-14-16(10)21-18(24-14)20-15(22)9-23-17-11(2)7-13(19)8-12(17)3/h4-8H,9H2,1-3H3,(H,20,21,22). The Hall–Kier alpha value is -1.92. The van der Waals surface area contributed by atoms with Gasteiger partial charge in [0.15, 0.2) is 11.7 Å². The summed E-state index contributed by atoms with van der Waals surface area (Å²) in [6.07, 6.45) is 0. The topological polar surface area (TPSA) is 51.2 Å². The summed E-state index contributed by atoms with van der Waals surface area (Å²) in [5.74, 6) is 0.530. The number of rotatable bonds is 4. The van der Waals surface area contributed by atoms with Crippen molar-refractivity contribution in [3.8, 4) is 5.75 Å². The maximum atomic E-state index is 12.2. The molecule has 6 heteroatoms. The number of hydrogen-bond acceptors (Lipinski definition) is 4. The Labute approximate surface area is 153 Å². The van der Waals surface area contributed by atoms with E-state index in [9.17, 15) is 4.79 Å². The molecule has 2 aromatic carbocycles. The number of benzene rings is 2. The second-order valence-electron chi connectivity index (χ2n) is 5.65. The summed E-state index contributed by atoms with van der Waals surface area (Å²) >= 11 is 4.92. The number of nitrogens with one attached hydrogen (secondary N) is 1. The lowest BCUT2D eigenvalue weighted by molar-refractivity contribution is -0.118. The zero-order valence-corrected chi connectivity index (χ0v) is 16.0. The zero-order valence-electron chi connectivity index (χ0n) is 13.6. The van der Waals surface area contributed by atoms with Crippen LogP contribution in [0.1, 0.15) is 16.7 Å². The van der Waals surface area contributed by atoms with Crippen molar-refractivity contribution in [3.63, 3.8) is 0 Å². The first-order valence-corrected chi connectivity index (χ1v) is 9.10. The first-order valence-electron chi connectivity index (χ1n) is 7.49. The number of ether oxygens (including phenoxy) is 1. The molecule has 24 heavy (non-hydrogen) atoms. The van der Waals surface area contributed by atoms with E-state index in [1.54, 1.807) is 0 Å². The van der Waals surface area contributed by atoms with E-state index in [1.165, 1.54) is 11.3 Å². The van der Waals surface area contributed by atoms with Gasteiger partial charge < -0.3 is 4.74 Å². The third-order valence-electron chi connectivity index (χ3n) is 3.64. The lowest BCUT2D eigenvalue weighted by Crippen LogP contribution is -2.20. The molecule has 0 bridgehead atoms. The third-order valence-corrected chi connectivity index (χ3v) is 5.03. The Morgan fingerprint density at radius 2 is 1.92 bits per heavy atom. The number of carbonyl (C=O) groups excluding carboxylic acids is 1. The molecule has 1 aromatic heterocycles. The number of nitrogens with zero attached hydrogens (tertiary/aromatic N) is 1. The van der Waals surface area contributed by atoms with E-state index in [0.717, 1.165) is 37.1 Å². The van der Waals surface area contributed by atoms with Crippen LogP contribution in [-0.4, -0.2) is 17.5 Å². The van der Waals surface area contributed by atoms with E-state index in [4.69, 9.17) is 4.74 Å². The summed E-state index contributed by atoms with van der Waals surface area (Å²) < 4.78 is 7.76. The second kappa shape index (κ2) is 6.91. The van der Waals surface area contributed by atoms with Gasteiger partial charge in [-0.3, -0.25) is 10.1 Å². The van der Waals surface area contributed by atoms with Gasteiger partial charge in [-0.15, -0.1) is 0 Å². The smallest absolute Gasteiger partial charge is 0.264 e. The summed E-state index contributed by atoms with van der Waals surface area (Å²) in [7, 11) is 0. The number of halogens is 1. The van der Waals surface area contributed by atoms with Crippen LogP contribution < -0.4 is 10.1 Å². The monoisotopic (exact) mass is 404 g/mol. The van der Waals surface area contributed by atoms with Crippen molar-refractivity contribution in [1.29, 1.82) is 0 Å². The molecule has 0 unspecified atom stereocenters. The molecule has 1 amide bonds. The van der Waals surface area contributed by atoms with Gasteiger partial charge in [-0.2, -0.15) is 0 Å². The quantitative estimate of drug-likeness (QED) is 0.665. The van der Waals surface area contributed by atoms with Crippen LogP contribution in [0, 0.1) is 20.8 Å². The van der Waals surface area contributed by atoms with Gasteiger partial charge in [0, 0.05) is 4.47 Å². The minimum atomic E-state index is -0.214. The highest BCUT2D eigenvalue weighted by molar-refractivity contribution is 9.10. The van der Waals surface area contributed by atoms with Gasteiger partial charge in [-0.1, -0.05) is 39.4 Å². The highest BCUT2D eigenvalue weighted by Crippen LogP contribution is 2.29. The van der Waals surface area contributed by atoms with Gasteiger partial charge in [0.05, 0.1) is 10.2 Å². The van der Waals surface area contributed by atoms with Crippen LogP contribution in [0.2, 0.25) is 0 Å². The van der Waals surface area contributed by atoms with E-state index < -0.39 is 0 Å². The fraction of sp³-hybridized carbons (Fsp3) is 0.222. The number of thiazole rings is 1. The Balaban J connectivity index is 1.68. The highest BCUT2D eigenvalue weighted by atomic mass is 79.9. The van der Waals surface area contributed by atoms with Crippen molar-refractivity contribution in [2.45, 2.75) is 20.8 Å². The molecule has 1 N–H and O–H groups in total. The average Bonchev–Trinajstić information content (AvgIpc) is 2.90. The van der Waals surface area contributed by atoms with Gasteiger partial charge >= 0.3 is 0 Å². The summed E-state index contributed by atoms with van der Waals surface area (Å²) in [5, 5.41) is 3.41. The Kier molecular flexibility index (Phi) is 4.87. The first-order chi connectivity index (χ1) is 11.4. The van der Waals surface area contributed by atoms with E-state index in [1.807, 2.05) is 51.1 Å². The number of hydrogen-bond donors (Lipinski definition) is 1. The van der Waals surface area contributed by atoms with E-state index in [-0.39, 0.29) is 12.5 Å². The maximum absolute atomic E-state index is 12.2. The molecule has 4 nitrogen and oxygen atoms in total. The minimum Gasteiger partial charge on any atom is -0.483 e. The van der Waals surface area contributed by atoms with Crippen LogP contribution >= 0.6 is 27.3 Å². The number of aryl methyl sites for hydroxylation is 3. The first kappa shape index (κ1) is 16.9. The predicted molar refractivity (Wildman–Crippen MR) is 102 cm³/mol. The number of fused-ring (bicyclic) bond motifs is 1. The number of carbonyl (C=O) groups is 1. The third kappa shape index (κ3) is 3.60. The van der Waals surface area contributed by atoms with Crippen LogP contribution in [0.4, 0.5) is 5.13 Å². The fourth-order valence-corrected chi connectivity index (χ4v) is 4.20. The molecule has 0 aliphatic rings. The number of para-hydroxylation sites is 1. The molecular weight excluding hydrogens is 388 g/mol. The van der Waals surface area contributed by atoms with E-state index >= 15 is 0 Å². The van der Waals surface area contributed by atoms with E-state index in [0.29, 0.717) is 5.13 Å². The van der Waals surface area contributed by atoms with Gasteiger partial charge in [0.1, 0.15) is 5.75 Å². The number of aromatic nitrogens is 1. The lowest BCUT2D eigenvalue weighted by atomic mass is 10.1. The molecule has 0 spiro atoms. The van der Waals surface area contributed by atoms with Crippen molar-refractivity contribution < 1.29 is 9.53 Å². The molecule has 0 aliphatic heterocycles. The molecule has 0 aliphatic carbocycles. The molecule has 0 radical (unpaired) electrons. The lowest BCUT2D eigenvalue weighted by Gasteiger charge is -2.12. The largest absolute Gasteiger partial charge is 0.483 e.